The monoisotopic (exact) mass is 590 g/mol. The van der Waals surface area contributed by atoms with Crippen molar-refractivity contribution in [3.8, 4) is 11.5 Å². The number of hydrogen-bond acceptors (Lipinski definition) is 11. The van der Waals surface area contributed by atoms with Crippen molar-refractivity contribution in [2.45, 2.75) is 115 Å². The third-order valence-electron chi connectivity index (χ3n) is 8.08. The van der Waals surface area contributed by atoms with Crippen molar-refractivity contribution in [2.24, 2.45) is 5.92 Å². The van der Waals surface area contributed by atoms with Crippen molar-refractivity contribution in [1.29, 1.82) is 0 Å². The highest BCUT2D eigenvalue weighted by Crippen LogP contribution is 2.32. The fourth-order valence-corrected chi connectivity index (χ4v) is 5.84. The molecule has 4 atom stereocenters. The van der Waals surface area contributed by atoms with Crippen LogP contribution in [0.4, 0.5) is 0 Å². The molecule has 4 unspecified atom stereocenters. The van der Waals surface area contributed by atoms with E-state index < -0.39 is 49.0 Å². The van der Waals surface area contributed by atoms with Crippen molar-refractivity contribution in [1.82, 2.24) is 10.3 Å². The van der Waals surface area contributed by atoms with Crippen LogP contribution in [0, 0.1) is 5.92 Å². The first-order valence-corrected chi connectivity index (χ1v) is 14.9. The fourth-order valence-electron chi connectivity index (χ4n) is 5.84. The van der Waals surface area contributed by atoms with Crippen LogP contribution in [-0.4, -0.2) is 73.2 Å². The van der Waals surface area contributed by atoms with Crippen LogP contribution in [-0.2, 0) is 33.3 Å². The Hall–Kier alpha value is -3.41. The minimum absolute atomic E-state index is 0.0182. The summed E-state index contributed by atoms with van der Waals surface area (Å²) in [5, 5.41) is 2.71. The van der Waals surface area contributed by atoms with E-state index in [1.165, 1.54) is 26.3 Å². The Morgan fingerprint density at radius 1 is 1.02 bits per heavy atom. The van der Waals surface area contributed by atoms with Crippen molar-refractivity contribution in [3.05, 3.63) is 18.0 Å². The molecule has 0 bridgehead atoms. The summed E-state index contributed by atoms with van der Waals surface area (Å²) in [5.74, 6) is -2.03. The summed E-state index contributed by atoms with van der Waals surface area (Å²) in [4.78, 5) is 55.0. The molecule has 1 aliphatic heterocycles. The van der Waals surface area contributed by atoms with E-state index in [-0.39, 0.29) is 41.6 Å². The molecular formula is C30H42N2O10. The van der Waals surface area contributed by atoms with Gasteiger partial charge in [-0.2, -0.15) is 0 Å². The predicted octanol–water partition coefficient (Wildman–Crippen LogP) is 3.63. The number of carbonyl (C=O) groups excluding carboxylic acids is 4. The van der Waals surface area contributed by atoms with Gasteiger partial charge in [-0.1, -0.05) is 25.7 Å². The second-order valence-corrected chi connectivity index (χ2v) is 11.2. The molecular weight excluding hydrogens is 548 g/mol. The highest BCUT2D eigenvalue weighted by atomic mass is 16.7. The highest BCUT2D eigenvalue weighted by Gasteiger charge is 2.40. The smallest absolute Gasteiger partial charge is 0.329 e. The SMILES string of the molecule is COc1ccnc(C(=O)NC2CCCC(OC(=O)C3CCCC3)C(OC3CCCC3)C(C)OC2=O)c1OCOC(C)=O. The van der Waals surface area contributed by atoms with Crippen molar-refractivity contribution in [2.75, 3.05) is 13.9 Å². The number of hydrogen-bond donors (Lipinski definition) is 1. The van der Waals surface area contributed by atoms with Gasteiger partial charge in [-0.25, -0.2) is 9.78 Å². The molecule has 3 fully saturated rings. The lowest BCUT2D eigenvalue weighted by Gasteiger charge is -2.33. The van der Waals surface area contributed by atoms with Crippen LogP contribution in [0.15, 0.2) is 12.3 Å². The third-order valence-corrected chi connectivity index (χ3v) is 8.08. The van der Waals surface area contributed by atoms with Crippen LogP contribution in [0.1, 0.15) is 95.0 Å². The first-order chi connectivity index (χ1) is 20.3. The maximum Gasteiger partial charge on any atom is 0.329 e. The quantitative estimate of drug-likeness (QED) is 0.242. The van der Waals surface area contributed by atoms with Crippen molar-refractivity contribution in [3.63, 3.8) is 0 Å². The number of nitrogens with one attached hydrogen (secondary N) is 1. The molecule has 12 heteroatoms. The Kier molecular flexibility index (Phi) is 11.4. The number of ether oxygens (including phenoxy) is 6. The van der Waals surface area contributed by atoms with E-state index in [9.17, 15) is 19.2 Å². The van der Waals surface area contributed by atoms with Gasteiger partial charge in [-0.05, 0) is 51.9 Å². The summed E-state index contributed by atoms with van der Waals surface area (Å²) in [6.07, 6.45) is 8.29. The van der Waals surface area contributed by atoms with Crippen LogP contribution in [0.2, 0.25) is 0 Å². The number of methoxy groups -OCH3 is 1. The molecule has 2 aliphatic carbocycles. The van der Waals surface area contributed by atoms with E-state index in [0.29, 0.717) is 12.8 Å². The van der Waals surface area contributed by atoms with E-state index in [2.05, 4.69) is 10.3 Å². The molecule has 2 saturated carbocycles. The Morgan fingerprint density at radius 3 is 2.43 bits per heavy atom. The van der Waals surface area contributed by atoms with Gasteiger partial charge < -0.3 is 33.7 Å². The third kappa shape index (κ3) is 8.33. The lowest BCUT2D eigenvalue weighted by molar-refractivity contribution is -0.184. The zero-order valence-electron chi connectivity index (χ0n) is 24.6. The van der Waals surface area contributed by atoms with Gasteiger partial charge >= 0.3 is 17.9 Å². The van der Waals surface area contributed by atoms with E-state index >= 15 is 0 Å². The van der Waals surface area contributed by atoms with E-state index in [0.717, 1.165) is 51.4 Å². The van der Waals surface area contributed by atoms with Gasteiger partial charge in [0.05, 0.1) is 19.1 Å². The summed E-state index contributed by atoms with van der Waals surface area (Å²) < 4.78 is 33.9. The molecule has 3 aliphatic rings. The largest absolute Gasteiger partial charge is 0.493 e. The lowest BCUT2D eigenvalue weighted by atomic mass is 10.0. The second-order valence-electron chi connectivity index (χ2n) is 11.2. The Balaban J connectivity index is 1.49. The molecule has 1 amide bonds. The van der Waals surface area contributed by atoms with Gasteiger partial charge in [0.25, 0.3) is 5.91 Å². The van der Waals surface area contributed by atoms with Crippen LogP contribution in [0.5, 0.6) is 11.5 Å². The van der Waals surface area contributed by atoms with E-state index in [1.54, 1.807) is 6.92 Å². The number of rotatable bonds is 10. The number of pyridine rings is 1. The van der Waals surface area contributed by atoms with Gasteiger partial charge in [0.1, 0.15) is 24.4 Å². The molecule has 1 aromatic rings. The van der Waals surface area contributed by atoms with Gasteiger partial charge in [-0.15, -0.1) is 0 Å². The van der Waals surface area contributed by atoms with Gasteiger partial charge in [0.15, 0.2) is 17.2 Å². The predicted molar refractivity (Wildman–Crippen MR) is 148 cm³/mol. The van der Waals surface area contributed by atoms with Gasteiger partial charge in [0.2, 0.25) is 6.79 Å². The first-order valence-electron chi connectivity index (χ1n) is 14.9. The maximum atomic E-state index is 13.3. The van der Waals surface area contributed by atoms with Crippen LogP contribution in [0.3, 0.4) is 0 Å². The number of nitrogens with zero attached hydrogens (tertiary/aromatic N) is 1. The zero-order valence-corrected chi connectivity index (χ0v) is 24.6. The Morgan fingerprint density at radius 2 is 1.74 bits per heavy atom. The lowest BCUT2D eigenvalue weighted by Crippen LogP contribution is -2.47. The minimum atomic E-state index is -0.995. The first kappa shape index (κ1) is 31.5. The summed E-state index contributed by atoms with van der Waals surface area (Å²) in [6.45, 7) is 2.51. The van der Waals surface area contributed by atoms with Crippen molar-refractivity contribution >= 4 is 23.8 Å². The number of esters is 3. The highest BCUT2D eigenvalue weighted by molar-refractivity contribution is 5.98. The maximum absolute atomic E-state index is 13.3. The Bertz CT molecular complexity index is 1100. The Labute approximate surface area is 246 Å². The van der Waals surface area contributed by atoms with Gasteiger partial charge in [-0.3, -0.25) is 14.4 Å². The van der Waals surface area contributed by atoms with Crippen LogP contribution < -0.4 is 14.8 Å². The number of cyclic esters (lactones) is 1. The van der Waals surface area contributed by atoms with Crippen molar-refractivity contribution < 1.29 is 47.6 Å². The molecule has 12 nitrogen and oxygen atoms in total. The molecule has 1 N–H and O–H groups in total. The average Bonchev–Trinajstić information content (AvgIpc) is 3.69. The summed E-state index contributed by atoms with van der Waals surface area (Å²) in [6, 6.07) is 0.499. The molecule has 0 aromatic carbocycles. The number of aromatic nitrogens is 1. The normalized spacial score (nSPS) is 25.5. The molecule has 2 heterocycles. The molecule has 1 saturated heterocycles. The van der Waals surface area contributed by atoms with E-state index in [4.69, 9.17) is 28.4 Å². The van der Waals surface area contributed by atoms with Crippen LogP contribution in [0.25, 0.3) is 0 Å². The summed E-state index contributed by atoms with van der Waals surface area (Å²) >= 11 is 0. The second kappa shape index (κ2) is 15.2. The molecule has 42 heavy (non-hydrogen) atoms. The molecule has 232 valence electrons. The number of carbonyl (C=O) groups is 4. The summed E-state index contributed by atoms with van der Waals surface area (Å²) in [5.41, 5.74) is -0.145. The minimum Gasteiger partial charge on any atom is -0.493 e. The molecule has 4 rings (SSSR count). The summed E-state index contributed by atoms with van der Waals surface area (Å²) in [7, 11) is 1.40. The van der Waals surface area contributed by atoms with Gasteiger partial charge in [0, 0.05) is 19.2 Å². The molecule has 0 radical (unpaired) electrons. The average molecular weight is 591 g/mol. The zero-order chi connectivity index (χ0) is 30.1. The fraction of sp³-hybridized carbons (Fsp3) is 0.700. The molecule has 0 spiro atoms. The topological polar surface area (TPSA) is 149 Å². The molecule has 1 aromatic heterocycles. The van der Waals surface area contributed by atoms with E-state index in [1.807, 2.05) is 0 Å². The number of amides is 1. The standard InChI is InChI=1S/C30H42N2O10/c1-18-26(41-21-11-6-7-12-21)24(42-29(35)20-9-4-5-10-20)14-8-13-22(30(36)40-18)32-28(34)25-27(39-17-38-19(2)33)23(37-3)15-16-31-25/h15-16,18,20-22,24,26H,4-14,17H2,1-3H3,(H,32,34). The van der Waals surface area contributed by atoms with Crippen LogP contribution >= 0.6 is 0 Å².